The van der Waals surface area contributed by atoms with Crippen LogP contribution < -0.4 is 0 Å². The molecule has 2 saturated heterocycles. The van der Waals surface area contributed by atoms with E-state index in [0.29, 0.717) is 37.4 Å². The number of morpholine rings is 1. The first-order chi connectivity index (χ1) is 14.9. The van der Waals surface area contributed by atoms with Crippen LogP contribution in [0.25, 0.3) is 22.0 Å². The van der Waals surface area contributed by atoms with Crippen molar-refractivity contribution in [3.05, 3.63) is 54.7 Å². The Hall–Kier alpha value is -2.68. The minimum absolute atomic E-state index is 0.0313. The summed E-state index contributed by atoms with van der Waals surface area (Å²) in [6.45, 7) is 1.35. The maximum atomic E-state index is 13.2. The van der Waals surface area contributed by atoms with E-state index in [2.05, 4.69) is 11.1 Å². The second-order valence-electron chi connectivity index (χ2n) is 8.43. The fourth-order valence-corrected chi connectivity index (χ4v) is 5.96. The summed E-state index contributed by atoms with van der Waals surface area (Å²) in [4.78, 5) is 16.9. The summed E-state index contributed by atoms with van der Waals surface area (Å²) in [5, 5.41) is 1.14. The van der Waals surface area contributed by atoms with E-state index in [0.717, 1.165) is 22.0 Å². The number of nitrogens with zero attached hydrogens (tertiary/aromatic N) is 2. The van der Waals surface area contributed by atoms with Crippen LogP contribution in [0.4, 0.5) is 0 Å². The van der Waals surface area contributed by atoms with Gasteiger partial charge in [-0.25, -0.2) is 8.42 Å². The maximum Gasteiger partial charge on any atom is 0.248 e. The minimum Gasteiger partial charge on any atom is -0.363 e. The largest absolute Gasteiger partial charge is 0.363 e. The number of benzene rings is 2. The van der Waals surface area contributed by atoms with Crippen molar-refractivity contribution in [2.24, 2.45) is 0 Å². The number of amides is 1. The van der Waals surface area contributed by atoms with E-state index in [1.165, 1.54) is 4.31 Å². The van der Waals surface area contributed by atoms with E-state index in [1.807, 2.05) is 36.5 Å². The second kappa shape index (κ2) is 7.47. The maximum absolute atomic E-state index is 13.2. The van der Waals surface area contributed by atoms with Crippen LogP contribution in [-0.2, 0) is 19.6 Å². The van der Waals surface area contributed by atoms with Crippen molar-refractivity contribution in [1.82, 2.24) is 14.2 Å². The third-order valence-electron chi connectivity index (χ3n) is 6.47. The summed E-state index contributed by atoms with van der Waals surface area (Å²) >= 11 is 0. The van der Waals surface area contributed by atoms with Gasteiger partial charge in [0.15, 0.2) is 0 Å². The van der Waals surface area contributed by atoms with E-state index in [1.54, 1.807) is 24.1 Å². The molecule has 1 spiro atoms. The van der Waals surface area contributed by atoms with Crippen molar-refractivity contribution >= 4 is 26.8 Å². The van der Waals surface area contributed by atoms with E-state index >= 15 is 0 Å². The number of likely N-dealkylation sites (N-methyl/N-ethyl adjacent to an activating group) is 1. The summed E-state index contributed by atoms with van der Waals surface area (Å²) in [7, 11) is -1.81. The topological polar surface area (TPSA) is 82.7 Å². The molecule has 8 heteroatoms. The third-order valence-corrected chi connectivity index (χ3v) is 8.38. The summed E-state index contributed by atoms with van der Waals surface area (Å²) in [5.41, 5.74) is 2.62. The van der Waals surface area contributed by atoms with Gasteiger partial charge in [-0.2, -0.15) is 4.31 Å². The van der Waals surface area contributed by atoms with Crippen LogP contribution in [0.3, 0.4) is 0 Å². The van der Waals surface area contributed by atoms with Crippen molar-refractivity contribution in [3.8, 4) is 11.1 Å². The summed E-state index contributed by atoms with van der Waals surface area (Å²) in [6.07, 6.45) is 3.07. The molecule has 1 aromatic heterocycles. The lowest BCUT2D eigenvalue weighted by molar-refractivity contribution is -0.167. The van der Waals surface area contributed by atoms with E-state index in [9.17, 15) is 13.2 Å². The van der Waals surface area contributed by atoms with E-state index in [-0.39, 0.29) is 12.5 Å². The number of carbonyl (C=O) groups excluding carboxylic acids is 1. The van der Waals surface area contributed by atoms with Gasteiger partial charge in [-0.05, 0) is 53.6 Å². The molecular weight excluding hydrogens is 414 g/mol. The lowest BCUT2D eigenvalue weighted by Crippen LogP contribution is -2.58. The van der Waals surface area contributed by atoms with Crippen LogP contribution in [0, 0.1) is 0 Å². The first-order valence-corrected chi connectivity index (χ1v) is 11.9. The third kappa shape index (κ3) is 3.64. The van der Waals surface area contributed by atoms with Crippen molar-refractivity contribution in [3.63, 3.8) is 0 Å². The Bertz CT molecular complexity index is 1230. The Kier molecular flexibility index (Phi) is 4.88. The van der Waals surface area contributed by atoms with Crippen LogP contribution >= 0.6 is 0 Å². The van der Waals surface area contributed by atoms with Crippen molar-refractivity contribution in [1.29, 1.82) is 0 Å². The minimum atomic E-state index is -3.58. The Morgan fingerprint density at radius 3 is 2.42 bits per heavy atom. The molecule has 7 nitrogen and oxygen atoms in total. The number of rotatable bonds is 3. The molecule has 0 radical (unpaired) electrons. The van der Waals surface area contributed by atoms with Gasteiger partial charge in [-0.3, -0.25) is 4.79 Å². The lowest BCUT2D eigenvalue weighted by atomic mass is 9.90. The molecule has 0 bridgehead atoms. The van der Waals surface area contributed by atoms with Crippen LogP contribution in [0.1, 0.15) is 12.8 Å². The number of hydrogen-bond acceptors (Lipinski definition) is 4. The van der Waals surface area contributed by atoms with Crippen molar-refractivity contribution in [2.45, 2.75) is 23.3 Å². The number of ether oxygens (including phenoxy) is 1. The molecule has 1 N–H and O–H groups in total. The average Bonchev–Trinajstić information content (AvgIpc) is 3.25. The second-order valence-corrected chi connectivity index (χ2v) is 10.4. The quantitative estimate of drug-likeness (QED) is 0.680. The van der Waals surface area contributed by atoms with Crippen LogP contribution in [0.2, 0.25) is 0 Å². The first kappa shape index (κ1) is 20.2. The smallest absolute Gasteiger partial charge is 0.248 e. The zero-order valence-corrected chi connectivity index (χ0v) is 18.2. The summed E-state index contributed by atoms with van der Waals surface area (Å²) in [5.74, 6) is -0.0313. The highest BCUT2D eigenvalue weighted by Crippen LogP contribution is 2.33. The predicted octanol–water partition coefficient (Wildman–Crippen LogP) is 2.85. The number of piperidine rings is 1. The summed E-state index contributed by atoms with van der Waals surface area (Å²) < 4.78 is 33.7. The van der Waals surface area contributed by atoms with Gasteiger partial charge in [0.2, 0.25) is 15.9 Å². The molecule has 31 heavy (non-hydrogen) atoms. The number of H-pyrrole nitrogens is 1. The lowest BCUT2D eigenvalue weighted by Gasteiger charge is -2.45. The fourth-order valence-electron chi connectivity index (χ4n) is 4.52. The normalized spacial score (nSPS) is 19.9. The Balaban J connectivity index is 1.31. The van der Waals surface area contributed by atoms with Gasteiger partial charge >= 0.3 is 0 Å². The zero-order chi connectivity index (χ0) is 21.6. The molecule has 0 atom stereocenters. The molecule has 162 valence electrons. The summed E-state index contributed by atoms with van der Waals surface area (Å²) in [6, 6.07) is 15.2. The highest BCUT2D eigenvalue weighted by atomic mass is 32.2. The van der Waals surface area contributed by atoms with E-state index < -0.39 is 15.6 Å². The monoisotopic (exact) mass is 439 g/mol. The van der Waals surface area contributed by atoms with Gasteiger partial charge in [0.05, 0.1) is 10.5 Å². The number of carbonyl (C=O) groups is 1. The number of sulfonamides is 1. The van der Waals surface area contributed by atoms with Crippen LogP contribution in [0.5, 0.6) is 0 Å². The van der Waals surface area contributed by atoms with Gasteiger partial charge in [0.25, 0.3) is 0 Å². The molecule has 2 fully saturated rings. The molecule has 0 aliphatic carbocycles. The van der Waals surface area contributed by atoms with Gasteiger partial charge in [-0.1, -0.05) is 24.3 Å². The predicted molar refractivity (Wildman–Crippen MR) is 118 cm³/mol. The van der Waals surface area contributed by atoms with Crippen LogP contribution in [0.15, 0.2) is 59.6 Å². The highest BCUT2D eigenvalue weighted by molar-refractivity contribution is 7.89. The molecule has 3 heterocycles. The van der Waals surface area contributed by atoms with Crippen molar-refractivity contribution in [2.75, 3.05) is 33.3 Å². The van der Waals surface area contributed by atoms with Gasteiger partial charge in [0, 0.05) is 38.4 Å². The molecule has 2 aromatic carbocycles. The zero-order valence-electron chi connectivity index (χ0n) is 17.4. The molecule has 0 unspecified atom stereocenters. The Morgan fingerprint density at radius 1 is 1.00 bits per heavy atom. The van der Waals surface area contributed by atoms with Gasteiger partial charge < -0.3 is 14.6 Å². The number of aromatic amines is 1. The first-order valence-electron chi connectivity index (χ1n) is 10.4. The molecule has 0 saturated carbocycles. The van der Waals surface area contributed by atoms with Crippen molar-refractivity contribution < 1.29 is 17.9 Å². The van der Waals surface area contributed by atoms with Crippen LogP contribution in [-0.4, -0.2) is 67.4 Å². The Labute approximate surface area is 181 Å². The average molecular weight is 440 g/mol. The molecule has 1 amide bonds. The molecule has 2 aliphatic rings. The number of fused-ring (bicyclic) bond motifs is 1. The molecule has 3 aromatic rings. The number of hydrogen-bond donors (Lipinski definition) is 1. The molecular formula is C23H25N3O4S. The standard InChI is InChI=1S/C23H25N3O4S/c1-25-16-23(30-15-22(25)27)9-12-26(13-10-23)31(28,29)20-6-4-17(5-7-20)19-3-2-18-8-11-24-21(18)14-19/h2-8,11,14,24H,9-10,12-13,15-16H2,1H3. The SMILES string of the molecule is CN1CC2(CCN(S(=O)(=O)c3ccc(-c4ccc5cc[nH]c5c4)cc3)CC2)OCC1=O. The van der Waals surface area contributed by atoms with Gasteiger partial charge in [0.1, 0.15) is 6.61 Å². The fraction of sp³-hybridized carbons (Fsp3) is 0.348. The highest BCUT2D eigenvalue weighted by Gasteiger charge is 2.43. The number of aromatic nitrogens is 1. The molecule has 5 rings (SSSR count). The van der Waals surface area contributed by atoms with Gasteiger partial charge in [-0.15, -0.1) is 0 Å². The molecule has 2 aliphatic heterocycles. The van der Waals surface area contributed by atoms with E-state index in [4.69, 9.17) is 4.74 Å². The number of nitrogens with one attached hydrogen (secondary N) is 1. The Morgan fingerprint density at radius 2 is 1.71 bits per heavy atom.